The number of nitrogen functional groups attached to an aromatic ring is 1. The summed E-state index contributed by atoms with van der Waals surface area (Å²) in [6.45, 7) is 6.08. The van der Waals surface area contributed by atoms with Crippen molar-refractivity contribution in [2.45, 2.75) is 33.3 Å². The number of carbonyl (C=O) groups excluding carboxylic acids is 1. The highest BCUT2D eigenvalue weighted by Crippen LogP contribution is 2.11. The van der Waals surface area contributed by atoms with E-state index in [1.54, 1.807) is 12.1 Å². The van der Waals surface area contributed by atoms with E-state index < -0.39 is 0 Å². The molecule has 1 unspecified atom stereocenters. The molecule has 0 aromatic carbocycles. The van der Waals surface area contributed by atoms with Crippen molar-refractivity contribution >= 4 is 11.8 Å². The lowest BCUT2D eigenvalue weighted by atomic mass is 10.1. The predicted molar refractivity (Wildman–Crippen MR) is 63.0 cm³/mol. The quantitative estimate of drug-likeness (QED) is 0.793. The van der Waals surface area contributed by atoms with Crippen molar-refractivity contribution in [1.29, 1.82) is 0 Å². The molecule has 0 fully saturated rings. The lowest BCUT2D eigenvalue weighted by Crippen LogP contribution is -2.17. The zero-order chi connectivity index (χ0) is 12.1. The molecule has 0 bridgehead atoms. The smallest absolute Gasteiger partial charge is 0.339 e. The molecular formula is C12H18N2O2. The van der Waals surface area contributed by atoms with Crippen LogP contribution in [0.3, 0.4) is 0 Å². The molecule has 1 rings (SSSR count). The molecule has 0 saturated heterocycles. The van der Waals surface area contributed by atoms with Gasteiger partial charge in [0.05, 0.1) is 11.7 Å². The summed E-state index contributed by atoms with van der Waals surface area (Å²) in [4.78, 5) is 15.5. The van der Waals surface area contributed by atoms with Gasteiger partial charge in [0.2, 0.25) is 0 Å². The summed E-state index contributed by atoms with van der Waals surface area (Å²) in [6.07, 6.45) is 2.21. The van der Waals surface area contributed by atoms with Gasteiger partial charge in [0.1, 0.15) is 5.82 Å². The van der Waals surface area contributed by atoms with Crippen molar-refractivity contribution in [3.63, 3.8) is 0 Å². The maximum atomic E-state index is 11.6. The largest absolute Gasteiger partial charge is 0.459 e. The Morgan fingerprint density at radius 2 is 2.12 bits per heavy atom. The second-order valence-corrected chi connectivity index (χ2v) is 4.32. The molecule has 4 nitrogen and oxygen atoms in total. The van der Waals surface area contributed by atoms with Crippen LogP contribution in [0.5, 0.6) is 0 Å². The summed E-state index contributed by atoms with van der Waals surface area (Å²) in [5, 5.41) is 0. The van der Waals surface area contributed by atoms with E-state index in [0.717, 1.165) is 6.42 Å². The first-order chi connectivity index (χ1) is 7.49. The molecule has 1 aromatic rings. The monoisotopic (exact) mass is 222 g/mol. The van der Waals surface area contributed by atoms with E-state index in [1.807, 2.05) is 6.92 Å². The SMILES string of the molecule is CC(C)CC(C)OC(=O)c1ccc(N)nc1. The Kier molecular flexibility index (Phi) is 4.28. The van der Waals surface area contributed by atoms with Gasteiger partial charge in [-0.1, -0.05) is 13.8 Å². The van der Waals surface area contributed by atoms with E-state index >= 15 is 0 Å². The van der Waals surface area contributed by atoms with Crippen molar-refractivity contribution in [3.05, 3.63) is 23.9 Å². The van der Waals surface area contributed by atoms with E-state index in [2.05, 4.69) is 18.8 Å². The number of esters is 1. The van der Waals surface area contributed by atoms with Crippen LogP contribution in [-0.2, 0) is 4.74 Å². The lowest BCUT2D eigenvalue weighted by Gasteiger charge is -2.14. The van der Waals surface area contributed by atoms with E-state index in [9.17, 15) is 4.79 Å². The summed E-state index contributed by atoms with van der Waals surface area (Å²) in [5.41, 5.74) is 5.87. The molecule has 0 amide bonds. The normalized spacial score (nSPS) is 12.5. The molecule has 0 aliphatic carbocycles. The van der Waals surface area contributed by atoms with E-state index in [1.165, 1.54) is 6.20 Å². The second kappa shape index (κ2) is 5.49. The van der Waals surface area contributed by atoms with Gasteiger partial charge in [-0.25, -0.2) is 9.78 Å². The van der Waals surface area contributed by atoms with Crippen molar-refractivity contribution in [1.82, 2.24) is 4.98 Å². The minimum atomic E-state index is -0.347. The summed E-state index contributed by atoms with van der Waals surface area (Å²) < 4.78 is 5.27. The molecular weight excluding hydrogens is 204 g/mol. The maximum absolute atomic E-state index is 11.6. The molecule has 16 heavy (non-hydrogen) atoms. The highest BCUT2D eigenvalue weighted by Gasteiger charge is 2.13. The van der Waals surface area contributed by atoms with Gasteiger partial charge < -0.3 is 10.5 Å². The third-order valence-corrected chi connectivity index (χ3v) is 2.13. The molecule has 0 aliphatic rings. The topological polar surface area (TPSA) is 65.2 Å². The number of anilines is 1. The molecule has 1 atom stereocenters. The maximum Gasteiger partial charge on any atom is 0.339 e. The van der Waals surface area contributed by atoms with Gasteiger partial charge in [-0.05, 0) is 31.4 Å². The van der Waals surface area contributed by atoms with Gasteiger partial charge in [0.25, 0.3) is 0 Å². The molecule has 4 heteroatoms. The zero-order valence-corrected chi connectivity index (χ0v) is 9.93. The Balaban J connectivity index is 2.55. The summed E-state index contributed by atoms with van der Waals surface area (Å²) in [5.74, 6) is 0.555. The average Bonchev–Trinajstić information content (AvgIpc) is 2.16. The van der Waals surface area contributed by atoms with Crippen molar-refractivity contribution in [2.75, 3.05) is 5.73 Å². The van der Waals surface area contributed by atoms with Crippen LogP contribution in [0.1, 0.15) is 37.6 Å². The fraction of sp³-hybridized carbons (Fsp3) is 0.500. The number of rotatable bonds is 4. The average molecular weight is 222 g/mol. The lowest BCUT2D eigenvalue weighted by molar-refractivity contribution is 0.0299. The van der Waals surface area contributed by atoms with E-state index in [0.29, 0.717) is 17.3 Å². The number of ether oxygens (including phenoxy) is 1. The van der Waals surface area contributed by atoms with Gasteiger partial charge in [0, 0.05) is 6.20 Å². The minimum absolute atomic E-state index is 0.0787. The molecule has 2 N–H and O–H groups in total. The number of aromatic nitrogens is 1. The molecule has 1 heterocycles. The van der Waals surface area contributed by atoms with Crippen LogP contribution in [-0.4, -0.2) is 17.1 Å². The number of carbonyl (C=O) groups is 1. The fourth-order valence-electron chi connectivity index (χ4n) is 1.49. The Bertz CT molecular complexity index is 347. The van der Waals surface area contributed by atoms with Gasteiger partial charge >= 0.3 is 5.97 Å². The second-order valence-electron chi connectivity index (χ2n) is 4.32. The number of hydrogen-bond donors (Lipinski definition) is 1. The first-order valence-electron chi connectivity index (χ1n) is 5.41. The zero-order valence-electron chi connectivity index (χ0n) is 9.93. The number of nitrogens with zero attached hydrogens (tertiary/aromatic N) is 1. The van der Waals surface area contributed by atoms with Crippen molar-refractivity contribution < 1.29 is 9.53 Å². The Morgan fingerprint density at radius 1 is 1.44 bits per heavy atom. The summed E-state index contributed by atoms with van der Waals surface area (Å²) in [6, 6.07) is 3.20. The predicted octanol–water partition coefficient (Wildman–Crippen LogP) is 2.26. The van der Waals surface area contributed by atoms with Crippen LogP contribution in [0.15, 0.2) is 18.3 Å². The third kappa shape index (κ3) is 3.88. The van der Waals surface area contributed by atoms with Crippen LogP contribution in [0.25, 0.3) is 0 Å². The Morgan fingerprint density at radius 3 is 2.62 bits per heavy atom. The number of pyridine rings is 1. The van der Waals surface area contributed by atoms with Crippen molar-refractivity contribution in [3.8, 4) is 0 Å². The van der Waals surface area contributed by atoms with Gasteiger partial charge in [-0.3, -0.25) is 0 Å². The van der Waals surface area contributed by atoms with Gasteiger partial charge in [0.15, 0.2) is 0 Å². The van der Waals surface area contributed by atoms with Crippen LogP contribution in [0, 0.1) is 5.92 Å². The minimum Gasteiger partial charge on any atom is -0.459 e. The van der Waals surface area contributed by atoms with Crippen LogP contribution >= 0.6 is 0 Å². The molecule has 0 aliphatic heterocycles. The molecule has 1 aromatic heterocycles. The molecule has 0 spiro atoms. The van der Waals surface area contributed by atoms with Gasteiger partial charge in [-0.2, -0.15) is 0 Å². The Hall–Kier alpha value is -1.58. The van der Waals surface area contributed by atoms with Crippen LogP contribution in [0.2, 0.25) is 0 Å². The first-order valence-corrected chi connectivity index (χ1v) is 5.41. The van der Waals surface area contributed by atoms with Gasteiger partial charge in [-0.15, -0.1) is 0 Å². The molecule has 0 saturated carbocycles. The standard InChI is InChI=1S/C12H18N2O2/c1-8(2)6-9(3)16-12(15)10-4-5-11(13)14-7-10/h4-5,7-9H,6H2,1-3H3,(H2,13,14). The molecule has 88 valence electrons. The highest BCUT2D eigenvalue weighted by molar-refractivity contribution is 5.89. The summed E-state index contributed by atoms with van der Waals surface area (Å²) >= 11 is 0. The van der Waals surface area contributed by atoms with E-state index in [-0.39, 0.29) is 12.1 Å². The van der Waals surface area contributed by atoms with E-state index in [4.69, 9.17) is 10.5 Å². The molecule has 0 radical (unpaired) electrons. The van der Waals surface area contributed by atoms with Crippen LogP contribution < -0.4 is 5.73 Å². The summed E-state index contributed by atoms with van der Waals surface area (Å²) in [7, 11) is 0. The van der Waals surface area contributed by atoms with Crippen LogP contribution in [0.4, 0.5) is 5.82 Å². The number of nitrogens with two attached hydrogens (primary N) is 1. The fourth-order valence-corrected chi connectivity index (χ4v) is 1.49. The highest BCUT2D eigenvalue weighted by atomic mass is 16.5. The third-order valence-electron chi connectivity index (χ3n) is 2.13. The Labute approximate surface area is 95.8 Å². The van der Waals surface area contributed by atoms with Crippen molar-refractivity contribution in [2.24, 2.45) is 5.92 Å². The first kappa shape index (κ1) is 12.5. The number of hydrogen-bond acceptors (Lipinski definition) is 4.